The number of aliphatic hydroxyl groups excluding tert-OH is 1. The van der Waals surface area contributed by atoms with E-state index in [0.717, 1.165) is 12.1 Å². The number of ether oxygens (including phenoxy) is 2. The summed E-state index contributed by atoms with van der Waals surface area (Å²) in [6.45, 7) is 6.25. The fourth-order valence-corrected chi connectivity index (χ4v) is 2.64. The second-order valence-electron chi connectivity index (χ2n) is 7.32. The summed E-state index contributed by atoms with van der Waals surface area (Å²) in [7, 11) is 1.60. The van der Waals surface area contributed by atoms with E-state index in [0.29, 0.717) is 31.8 Å². The van der Waals surface area contributed by atoms with Gasteiger partial charge in [0.05, 0.1) is 17.9 Å². The maximum absolute atomic E-state index is 12.0. The molecule has 136 valence electrons. The van der Waals surface area contributed by atoms with Gasteiger partial charge >= 0.3 is 0 Å². The van der Waals surface area contributed by atoms with Crippen LogP contribution < -0.4 is 5.32 Å². The average molecular weight is 340 g/mol. The van der Waals surface area contributed by atoms with Gasteiger partial charge in [-0.05, 0) is 12.8 Å². The van der Waals surface area contributed by atoms with Gasteiger partial charge in [0.2, 0.25) is 5.91 Å². The van der Waals surface area contributed by atoms with Gasteiger partial charge in [-0.15, -0.1) is 0 Å². The third kappa shape index (κ3) is 5.29. The van der Waals surface area contributed by atoms with Crippen molar-refractivity contribution in [3.05, 3.63) is 17.5 Å². The molecule has 2 rings (SSSR count). The third-order valence-corrected chi connectivity index (χ3v) is 4.06. The minimum absolute atomic E-state index is 0.0505. The van der Waals surface area contributed by atoms with Crippen molar-refractivity contribution in [3.8, 4) is 0 Å². The van der Waals surface area contributed by atoms with Gasteiger partial charge in [-0.3, -0.25) is 4.79 Å². The van der Waals surface area contributed by atoms with Gasteiger partial charge in [0.25, 0.3) is 0 Å². The molecule has 1 aromatic heterocycles. The molecule has 0 spiro atoms. The van der Waals surface area contributed by atoms with Crippen LogP contribution >= 0.6 is 0 Å². The summed E-state index contributed by atoms with van der Waals surface area (Å²) in [4.78, 5) is 12.0. The van der Waals surface area contributed by atoms with Crippen LogP contribution in [0.4, 0.5) is 0 Å². The number of aliphatic hydroxyl groups is 1. The maximum Gasteiger partial charge on any atom is 0.225 e. The second kappa shape index (κ2) is 8.09. The van der Waals surface area contributed by atoms with Crippen LogP contribution in [0.3, 0.4) is 0 Å². The lowest BCUT2D eigenvalue weighted by atomic mass is 9.95. The number of methoxy groups -OCH3 is 1. The Morgan fingerprint density at radius 3 is 2.88 bits per heavy atom. The minimum Gasteiger partial charge on any atom is -0.390 e. The molecule has 2 N–H and O–H groups in total. The first-order valence-corrected chi connectivity index (χ1v) is 8.35. The van der Waals surface area contributed by atoms with Crippen LogP contribution in [0.15, 0.2) is 10.6 Å². The van der Waals surface area contributed by atoms with Crippen LogP contribution in [-0.4, -0.2) is 48.1 Å². The standard InChI is InChI=1S/C17H28N2O5/c1-17(2,3)16(21)18-9-15-14(20)6-5-12(23-15)7-11-8-13(10-22-4)24-19-11/h8,12,14-15,20H,5-7,9-10H2,1-4H3,(H,18,21). The lowest BCUT2D eigenvalue weighted by molar-refractivity contribution is -0.134. The van der Waals surface area contributed by atoms with E-state index in [9.17, 15) is 9.90 Å². The van der Waals surface area contributed by atoms with Crippen molar-refractivity contribution >= 4 is 5.91 Å². The van der Waals surface area contributed by atoms with Crippen molar-refractivity contribution in [2.75, 3.05) is 13.7 Å². The summed E-state index contributed by atoms with van der Waals surface area (Å²) in [5.41, 5.74) is 0.346. The maximum atomic E-state index is 12.0. The van der Waals surface area contributed by atoms with Crippen molar-refractivity contribution in [2.45, 2.75) is 65.0 Å². The molecule has 24 heavy (non-hydrogen) atoms. The van der Waals surface area contributed by atoms with Crippen LogP contribution in [0, 0.1) is 5.41 Å². The highest BCUT2D eigenvalue weighted by Crippen LogP contribution is 2.23. The fraction of sp³-hybridized carbons (Fsp3) is 0.765. The zero-order chi connectivity index (χ0) is 17.7. The van der Waals surface area contributed by atoms with Crippen molar-refractivity contribution < 1.29 is 23.9 Å². The number of hydrogen-bond acceptors (Lipinski definition) is 6. The predicted molar refractivity (Wildman–Crippen MR) is 87.3 cm³/mol. The molecule has 1 amide bonds. The first-order valence-electron chi connectivity index (χ1n) is 8.35. The molecule has 0 saturated carbocycles. The van der Waals surface area contributed by atoms with E-state index in [-0.39, 0.29) is 12.0 Å². The van der Waals surface area contributed by atoms with E-state index in [1.807, 2.05) is 26.8 Å². The molecular weight excluding hydrogens is 312 g/mol. The van der Waals surface area contributed by atoms with Crippen molar-refractivity contribution in [1.29, 1.82) is 0 Å². The molecule has 0 aromatic carbocycles. The highest BCUT2D eigenvalue weighted by molar-refractivity contribution is 5.81. The Bertz CT molecular complexity index is 537. The molecule has 0 bridgehead atoms. The van der Waals surface area contributed by atoms with Crippen LogP contribution in [0.2, 0.25) is 0 Å². The Labute approximate surface area is 142 Å². The number of aromatic nitrogens is 1. The molecule has 7 nitrogen and oxygen atoms in total. The van der Waals surface area contributed by atoms with E-state index in [4.69, 9.17) is 14.0 Å². The van der Waals surface area contributed by atoms with Gasteiger partial charge in [0, 0.05) is 31.6 Å². The first kappa shape index (κ1) is 18.9. The molecule has 1 saturated heterocycles. The second-order valence-corrected chi connectivity index (χ2v) is 7.32. The highest BCUT2D eigenvalue weighted by Gasteiger charge is 2.32. The number of carbonyl (C=O) groups excluding carboxylic acids is 1. The number of nitrogens with one attached hydrogen (secondary N) is 1. The van der Waals surface area contributed by atoms with E-state index in [1.165, 1.54) is 0 Å². The zero-order valence-electron chi connectivity index (χ0n) is 14.9. The van der Waals surface area contributed by atoms with Crippen LogP contribution in [-0.2, 0) is 27.3 Å². The fourth-order valence-electron chi connectivity index (χ4n) is 2.64. The molecule has 3 atom stereocenters. The summed E-state index contributed by atoms with van der Waals surface area (Å²) in [6, 6.07) is 1.86. The monoisotopic (exact) mass is 340 g/mol. The molecule has 3 unspecified atom stereocenters. The SMILES string of the molecule is COCc1cc(CC2CCC(O)C(CNC(=O)C(C)(C)C)O2)no1. The summed E-state index contributed by atoms with van der Waals surface area (Å²) < 4.78 is 16.1. The number of amides is 1. The van der Waals surface area contributed by atoms with Crippen molar-refractivity contribution in [1.82, 2.24) is 10.5 Å². The predicted octanol–water partition coefficient (Wildman–Crippen LogP) is 1.43. The first-order chi connectivity index (χ1) is 11.3. The number of nitrogens with zero attached hydrogens (tertiary/aromatic N) is 1. The molecule has 0 aliphatic carbocycles. The number of rotatable bonds is 6. The Balaban J connectivity index is 1.86. The van der Waals surface area contributed by atoms with Gasteiger partial charge in [0.15, 0.2) is 5.76 Å². The van der Waals surface area contributed by atoms with E-state index in [2.05, 4.69) is 10.5 Å². The molecule has 2 heterocycles. The zero-order valence-corrected chi connectivity index (χ0v) is 14.9. The van der Waals surface area contributed by atoms with Crippen LogP contribution in [0.1, 0.15) is 45.1 Å². The minimum atomic E-state index is -0.567. The number of hydrogen-bond donors (Lipinski definition) is 2. The van der Waals surface area contributed by atoms with Gasteiger partial charge in [-0.2, -0.15) is 0 Å². The quantitative estimate of drug-likeness (QED) is 0.814. The smallest absolute Gasteiger partial charge is 0.225 e. The van der Waals surface area contributed by atoms with Gasteiger partial charge in [0.1, 0.15) is 12.7 Å². The van der Waals surface area contributed by atoms with E-state index < -0.39 is 17.6 Å². The molecular formula is C17H28N2O5. The normalized spacial score (nSPS) is 24.8. The Morgan fingerprint density at radius 1 is 1.46 bits per heavy atom. The summed E-state index contributed by atoms with van der Waals surface area (Å²) in [6.07, 6.45) is 0.985. The molecule has 1 aliphatic rings. The molecule has 0 radical (unpaired) electrons. The Morgan fingerprint density at radius 2 is 2.21 bits per heavy atom. The summed E-state index contributed by atoms with van der Waals surface area (Å²) in [5, 5.41) is 17.0. The Kier molecular flexibility index (Phi) is 6.37. The van der Waals surface area contributed by atoms with Gasteiger partial charge in [-0.25, -0.2) is 0 Å². The lowest BCUT2D eigenvalue weighted by Gasteiger charge is -2.34. The van der Waals surface area contributed by atoms with Crippen LogP contribution in [0.25, 0.3) is 0 Å². The van der Waals surface area contributed by atoms with Gasteiger partial charge < -0.3 is 24.4 Å². The third-order valence-electron chi connectivity index (χ3n) is 4.06. The van der Waals surface area contributed by atoms with E-state index >= 15 is 0 Å². The average Bonchev–Trinajstić information content (AvgIpc) is 2.94. The molecule has 7 heteroatoms. The van der Waals surface area contributed by atoms with Crippen molar-refractivity contribution in [2.24, 2.45) is 5.41 Å². The van der Waals surface area contributed by atoms with Gasteiger partial charge in [-0.1, -0.05) is 25.9 Å². The van der Waals surface area contributed by atoms with Crippen molar-refractivity contribution in [3.63, 3.8) is 0 Å². The summed E-state index contributed by atoms with van der Waals surface area (Å²) in [5.74, 6) is 0.624. The highest BCUT2D eigenvalue weighted by atomic mass is 16.5. The molecule has 1 fully saturated rings. The van der Waals surface area contributed by atoms with E-state index in [1.54, 1.807) is 7.11 Å². The van der Waals surface area contributed by atoms with Crippen LogP contribution in [0.5, 0.6) is 0 Å². The summed E-state index contributed by atoms with van der Waals surface area (Å²) >= 11 is 0. The topological polar surface area (TPSA) is 93.8 Å². The molecule has 1 aliphatic heterocycles. The lowest BCUT2D eigenvalue weighted by Crippen LogP contribution is -2.48. The largest absolute Gasteiger partial charge is 0.390 e. The molecule has 1 aromatic rings. The number of carbonyl (C=O) groups is 1. The Hall–Kier alpha value is -1.44.